The fraction of sp³-hybridized carbons (Fsp3) is 0.462. The second-order valence-corrected chi connectivity index (χ2v) is 6.36. The Morgan fingerprint density at radius 2 is 1.89 bits per heavy atom. The first-order valence-electron chi connectivity index (χ1n) is 5.87. The lowest BCUT2D eigenvalue weighted by Crippen LogP contribution is -2.48. The summed E-state index contributed by atoms with van der Waals surface area (Å²) in [4.78, 5) is 14.3. The number of halogens is 2. The highest BCUT2D eigenvalue weighted by Gasteiger charge is 2.27. The molecule has 0 aromatic heterocycles. The molecule has 1 heterocycles. The molecule has 1 fully saturated rings. The molecule has 0 spiro atoms. The molecule has 1 aromatic rings. The van der Waals surface area contributed by atoms with Crippen LogP contribution in [0.5, 0.6) is 0 Å². The van der Waals surface area contributed by atoms with E-state index in [0.717, 1.165) is 8.95 Å². The Balaban J connectivity index is 2.20. The van der Waals surface area contributed by atoms with Crippen molar-refractivity contribution in [1.29, 1.82) is 0 Å². The van der Waals surface area contributed by atoms with E-state index in [9.17, 15) is 4.79 Å². The van der Waals surface area contributed by atoms with Crippen molar-refractivity contribution in [2.45, 2.75) is 26.1 Å². The van der Waals surface area contributed by atoms with Crippen molar-refractivity contribution in [3.05, 3.63) is 32.7 Å². The third-order valence-corrected chi connectivity index (χ3v) is 4.02. The fourth-order valence-corrected chi connectivity index (χ4v) is 3.39. The predicted molar refractivity (Wildman–Crippen MR) is 77.8 cm³/mol. The van der Waals surface area contributed by atoms with Crippen LogP contribution >= 0.6 is 31.9 Å². The van der Waals surface area contributed by atoms with Gasteiger partial charge in [0.1, 0.15) is 0 Å². The van der Waals surface area contributed by atoms with E-state index >= 15 is 0 Å². The van der Waals surface area contributed by atoms with Crippen LogP contribution in [-0.2, 0) is 4.74 Å². The summed E-state index contributed by atoms with van der Waals surface area (Å²) < 4.78 is 7.41. The molecule has 0 saturated carbocycles. The molecule has 0 aliphatic carbocycles. The Hall–Kier alpha value is -0.390. The summed E-state index contributed by atoms with van der Waals surface area (Å²) in [6, 6.07) is 5.60. The number of hydrogen-bond acceptors (Lipinski definition) is 2. The van der Waals surface area contributed by atoms with Crippen LogP contribution in [0.1, 0.15) is 24.2 Å². The van der Waals surface area contributed by atoms with Crippen LogP contribution in [0, 0.1) is 0 Å². The minimum Gasteiger partial charge on any atom is -0.372 e. The van der Waals surface area contributed by atoms with Gasteiger partial charge < -0.3 is 9.64 Å². The van der Waals surface area contributed by atoms with E-state index in [1.54, 1.807) is 0 Å². The summed E-state index contributed by atoms with van der Waals surface area (Å²) in [5, 5.41) is 0. The highest BCUT2D eigenvalue weighted by atomic mass is 79.9. The fourth-order valence-electron chi connectivity index (χ4n) is 2.18. The van der Waals surface area contributed by atoms with Crippen LogP contribution in [0.4, 0.5) is 0 Å². The molecule has 1 aliphatic rings. The number of hydrogen-bond donors (Lipinski definition) is 0. The lowest BCUT2D eigenvalue weighted by atomic mass is 10.1. The van der Waals surface area contributed by atoms with E-state index in [2.05, 4.69) is 31.9 Å². The second-order valence-electron chi connectivity index (χ2n) is 4.59. The molecule has 1 amide bonds. The largest absolute Gasteiger partial charge is 0.372 e. The van der Waals surface area contributed by atoms with Crippen molar-refractivity contribution in [2.24, 2.45) is 0 Å². The zero-order valence-corrected chi connectivity index (χ0v) is 13.5. The first kappa shape index (κ1) is 14.0. The summed E-state index contributed by atoms with van der Waals surface area (Å²) in [6.45, 7) is 5.27. The lowest BCUT2D eigenvalue weighted by molar-refractivity contribution is -0.0586. The monoisotopic (exact) mass is 375 g/mol. The summed E-state index contributed by atoms with van der Waals surface area (Å²) in [6.07, 6.45) is 0.179. The van der Waals surface area contributed by atoms with Gasteiger partial charge in [0.15, 0.2) is 0 Å². The quantitative estimate of drug-likeness (QED) is 0.751. The SMILES string of the molecule is C[C@@H]1CN(C(=O)c2ccc(Br)cc2Br)C[C@H](C)O1. The van der Waals surface area contributed by atoms with Crippen LogP contribution in [0.15, 0.2) is 27.1 Å². The van der Waals surface area contributed by atoms with Crippen LogP contribution in [0.2, 0.25) is 0 Å². The summed E-state index contributed by atoms with van der Waals surface area (Å²) in [5.41, 5.74) is 0.694. The zero-order valence-electron chi connectivity index (χ0n) is 10.3. The first-order chi connectivity index (χ1) is 8.47. The Morgan fingerprint density at radius 1 is 1.28 bits per heavy atom. The minimum atomic E-state index is 0.0522. The van der Waals surface area contributed by atoms with Crippen molar-refractivity contribution in [2.75, 3.05) is 13.1 Å². The third kappa shape index (κ3) is 3.13. The van der Waals surface area contributed by atoms with E-state index in [1.807, 2.05) is 36.9 Å². The smallest absolute Gasteiger partial charge is 0.255 e. The molecule has 18 heavy (non-hydrogen) atoms. The number of amides is 1. The molecular weight excluding hydrogens is 362 g/mol. The molecule has 5 heteroatoms. The summed E-state index contributed by atoms with van der Waals surface area (Å²) >= 11 is 6.82. The van der Waals surface area contributed by atoms with E-state index in [0.29, 0.717) is 18.7 Å². The molecule has 1 aromatic carbocycles. The lowest BCUT2D eigenvalue weighted by Gasteiger charge is -2.35. The maximum absolute atomic E-state index is 12.4. The molecule has 1 saturated heterocycles. The number of carbonyl (C=O) groups is 1. The van der Waals surface area contributed by atoms with Gasteiger partial charge in [0, 0.05) is 22.0 Å². The Labute approximate surface area is 124 Å². The van der Waals surface area contributed by atoms with Gasteiger partial charge in [0.25, 0.3) is 5.91 Å². The number of nitrogens with zero attached hydrogens (tertiary/aromatic N) is 1. The Kier molecular flexibility index (Phi) is 4.45. The van der Waals surface area contributed by atoms with Crippen molar-refractivity contribution in [1.82, 2.24) is 4.90 Å². The highest BCUT2D eigenvalue weighted by molar-refractivity contribution is 9.11. The average Bonchev–Trinajstić information content (AvgIpc) is 2.26. The van der Waals surface area contributed by atoms with Crippen LogP contribution in [0.3, 0.4) is 0 Å². The van der Waals surface area contributed by atoms with Gasteiger partial charge >= 0.3 is 0 Å². The summed E-state index contributed by atoms with van der Waals surface area (Å²) in [7, 11) is 0. The van der Waals surface area contributed by atoms with Gasteiger partial charge in [-0.25, -0.2) is 0 Å². The van der Waals surface area contributed by atoms with E-state index in [-0.39, 0.29) is 18.1 Å². The number of benzene rings is 1. The van der Waals surface area contributed by atoms with Gasteiger partial charge in [-0.2, -0.15) is 0 Å². The molecule has 3 nitrogen and oxygen atoms in total. The van der Waals surface area contributed by atoms with Crippen molar-refractivity contribution in [3.8, 4) is 0 Å². The molecule has 0 N–H and O–H groups in total. The Morgan fingerprint density at radius 3 is 2.44 bits per heavy atom. The predicted octanol–water partition coefficient (Wildman–Crippen LogP) is 3.46. The molecule has 0 bridgehead atoms. The van der Waals surface area contributed by atoms with Gasteiger partial charge in [-0.15, -0.1) is 0 Å². The maximum atomic E-state index is 12.4. The van der Waals surface area contributed by atoms with E-state index in [4.69, 9.17) is 4.74 Å². The van der Waals surface area contributed by atoms with Crippen molar-refractivity contribution < 1.29 is 9.53 Å². The topological polar surface area (TPSA) is 29.5 Å². The van der Waals surface area contributed by atoms with Crippen molar-refractivity contribution >= 4 is 37.8 Å². The van der Waals surface area contributed by atoms with Gasteiger partial charge in [-0.05, 0) is 48.0 Å². The molecule has 2 atom stereocenters. The van der Waals surface area contributed by atoms with E-state index < -0.39 is 0 Å². The van der Waals surface area contributed by atoms with Gasteiger partial charge in [0.05, 0.1) is 17.8 Å². The molecule has 2 rings (SSSR count). The third-order valence-electron chi connectivity index (χ3n) is 2.87. The number of rotatable bonds is 1. The Bertz CT molecular complexity index is 454. The molecular formula is C13H15Br2NO2. The summed E-state index contributed by atoms with van der Waals surface area (Å²) in [5.74, 6) is 0.0522. The molecule has 0 radical (unpaired) electrons. The first-order valence-corrected chi connectivity index (χ1v) is 7.45. The number of carbonyl (C=O) groups excluding carboxylic acids is 1. The number of ether oxygens (including phenoxy) is 1. The van der Waals surface area contributed by atoms with E-state index in [1.165, 1.54) is 0 Å². The average molecular weight is 377 g/mol. The molecule has 98 valence electrons. The zero-order chi connectivity index (χ0) is 13.3. The number of morpholine rings is 1. The van der Waals surface area contributed by atoms with Crippen molar-refractivity contribution in [3.63, 3.8) is 0 Å². The van der Waals surface area contributed by atoms with Gasteiger partial charge in [0.2, 0.25) is 0 Å². The highest BCUT2D eigenvalue weighted by Crippen LogP contribution is 2.24. The standard InChI is InChI=1S/C13H15Br2NO2/c1-8-6-16(7-9(2)18-8)13(17)11-4-3-10(14)5-12(11)15/h3-5,8-9H,6-7H2,1-2H3/t8-,9+. The van der Waals surface area contributed by atoms with Gasteiger partial charge in [-0.1, -0.05) is 15.9 Å². The second kappa shape index (κ2) is 5.72. The van der Waals surface area contributed by atoms with Crippen LogP contribution in [-0.4, -0.2) is 36.1 Å². The minimum absolute atomic E-state index is 0.0522. The van der Waals surface area contributed by atoms with Gasteiger partial charge in [-0.3, -0.25) is 4.79 Å². The normalized spacial score (nSPS) is 24.1. The maximum Gasteiger partial charge on any atom is 0.255 e. The molecule has 0 unspecified atom stereocenters. The molecule has 1 aliphatic heterocycles. The van der Waals surface area contributed by atoms with Crippen LogP contribution in [0.25, 0.3) is 0 Å². The van der Waals surface area contributed by atoms with Crippen LogP contribution < -0.4 is 0 Å².